The van der Waals surface area contributed by atoms with E-state index >= 15 is 0 Å². The molecule has 220 valence electrons. The highest BCUT2D eigenvalue weighted by Crippen LogP contribution is 2.29. The first-order valence-electron chi connectivity index (χ1n) is 13.1. The quantitative estimate of drug-likeness (QED) is 0.220. The van der Waals surface area contributed by atoms with Crippen molar-refractivity contribution < 1.29 is 31.9 Å². The highest BCUT2D eigenvalue weighted by molar-refractivity contribution is 5.67. The molecular formula is C30H35F3N4O4. The Bertz CT molecular complexity index is 1280. The lowest BCUT2D eigenvalue weighted by molar-refractivity contribution is -0.137. The predicted molar refractivity (Wildman–Crippen MR) is 151 cm³/mol. The minimum absolute atomic E-state index is 0.220. The summed E-state index contributed by atoms with van der Waals surface area (Å²) in [5.74, 6) is 1.04. The van der Waals surface area contributed by atoms with Crippen molar-refractivity contribution in [2.24, 2.45) is 5.73 Å². The smallest absolute Gasteiger partial charge is 0.416 e. The van der Waals surface area contributed by atoms with Crippen LogP contribution in [0.25, 0.3) is 12.2 Å². The zero-order chi connectivity index (χ0) is 29.7. The zero-order valence-corrected chi connectivity index (χ0v) is 23.1. The summed E-state index contributed by atoms with van der Waals surface area (Å²) in [6.45, 7) is 1.25. The van der Waals surface area contributed by atoms with Gasteiger partial charge >= 0.3 is 12.3 Å². The molecule has 1 aromatic heterocycles. The second kappa shape index (κ2) is 15.4. The number of nitrogens with zero attached hydrogens (tertiary/aromatic N) is 2. The molecule has 3 aromatic rings. The molecule has 8 nitrogen and oxygen atoms in total. The van der Waals surface area contributed by atoms with Gasteiger partial charge in [-0.3, -0.25) is 0 Å². The minimum Gasteiger partial charge on any atom is -0.487 e. The molecule has 3 rings (SSSR count). The number of aromatic nitrogens is 1. The number of unbranched alkanes of at least 4 members (excludes halogenated alkanes) is 1. The fourth-order valence-corrected chi connectivity index (χ4v) is 3.54. The monoisotopic (exact) mass is 572 g/mol. The molecule has 0 saturated heterocycles. The molecule has 0 unspecified atom stereocenters. The molecule has 0 atom stereocenters. The first-order chi connectivity index (χ1) is 19.6. The van der Waals surface area contributed by atoms with E-state index in [2.05, 4.69) is 10.3 Å². The first-order valence-corrected chi connectivity index (χ1v) is 13.1. The van der Waals surface area contributed by atoms with Gasteiger partial charge in [-0.2, -0.15) is 13.2 Å². The Morgan fingerprint density at radius 2 is 1.80 bits per heavy atom. The topological polar surface area (TPSA) is 103 Å². The number of carbonyl (C=O) groups is 1. The molecule has 0 spiro atoms. The van der Waals surface area contributed by atoms with Crippen molar-refractivity contribution in [1.29, 1.82) is 0 Å². The Labute approximate surface area is 237 Å². The number of hydrogen-bond acceptors (Lipinski definition) is 7. The highest BCUT2D eigenvalue weighted by Gasteiger charge is 2.29. The molecule has 0 aliphatic heterocycles. The van der Waals surface area contributed by atoms with E-state index in [4.69, 9.17) is 19.6 Å². The van der Waals surface area contributed by atoms with Crippen LogP contribution in [0.3, 0.4) is 0 Å². The van der Waals surface area contributed by atoms with Crippen molar-refractivity contribution in [3.8, 4) is 5.75 Å². The van der Waals surface area contributed by atoms with E-state index in [-0.39, 0.29) is 19.3 Å². The van der Waals surface area contributed by atoms with Gasteiger partial charge in [-0.25, -0.2) is 9.78 Å². The number of nitrogens with two attached hydrogens (primary N) is 1. The lowest BCUT2D eigenvalue weighted by Gasteiger charge is -2.11. The molecular weight excluding hydrogens is 537 g/mol. The van der Waals surface area contributed by atoms with Crippen molar-refractivity contribution in [3.05, 3.63) is 95.0 Å². The molecule has 41 heavy (non-hydrogen) atoms. The number of carbonyl (C=O) groups excluding carboxylic acids is 1. The Morgan fingerprint density at radius 1 is 1.07 bits per heavy atom. The zero-order valence-electron chi connectivity index (χ0n) is 23.1. The Balaban J connectivity index is 1.32. The van der Waals surface area contributed by atoms with Gasteiger partial charge in [0.1, 0.15) is 24.3 Å². The van der Waals surface area contributed by atoms with Gasteiger partial charge in [0.15, 0.2) is 0 Å². The molecule has 0 saturated carbocycles. The van der Waals surface area contributed by atoms with Gasteiger partial charge in [-0.05, 0) is 60.7 Å². The molecule has 0 aliphatic carbocycles. The van der Waals surface area contributed by atoms with E-state index < -0.39 is 11.7 Å². The van der Waals surface area contributed by atoms with Gasteiger partial charge in [-0.1, -0.05) is 24.3 Å². The Hall–Kier alpha value is -4.41. The summed E-state index contributed by atoms with van der Waals surface area (Å²) in [6, 6.07) is 12.7. The average Bonchev–Trinajstić information content (AvgIpc) is 3.40. The van der Waals surface area contributed by atoms with Crippen molar-refractivity contribution in [1.82, 2.24) is 15.2 Å². The molecule has 3 N–H and O–H groups in total. The number of halogens is 3. The van der Waals surface area contributed by atoms with Crippen LogP contribution in [-0.4, -0.2) is 43.2 Å². The predicted octanol–water partition coefficient (Wildman–Crippen LogP) is 6.24. The Kier molecular flexibility index (Phi) is 11.7. The van der Waals surface area contributed by atoms with Crippen LogP contribution in [0, 0.1) is 0 Å². The maximum Gasteiger partial charge on any atom is 0.416 e. The molecule has 2 aromatic carbocycles. The van der Waals surface area contributed by atoms with E-state index in [0.29, 0.717) is 35.0 Å². The van der Waals surface area contributed by atoms with Crippen LogP contribution in [0.2, 0.25) is 0 Å². The number of nitrogens with one attached hydrogen (secondary N) is 1. The number of alkyl halides is 3. The second-order valence-electron chi connectivity index (χ2n) is 9.45. The maximum absolute atomic E-state index is 12.7. The molecule has 0 aliphatic rings. The van der Waals surface area contributed by atoms with E-state index in [1.807, 2.05) is 24.3 Å². The standard InChI is InChI=1S/C30H35F3N4O4/c1-37(2)29(38)39-18-16-25(34)19-35-17-4-3-5-22-8-13-27(14-9-22)40-20-26-21-41-28(36-26)15-10-23-6-11-24(12-7-23)30(31,32)33/h6-15,19,21,35H,3-5,16-18,20,34H2,1-2H3/b15-10+,25-19-. The van der Waals surface area contributed by atoms with Crippen LogP contribution in [-0.2, 0) is 23.9 Å². The van der Waals surface area contributed by atoms with Gasteiger partial charge in [0.2, 0.25) is 5.89 Å². The summed E-state index contributed by atoms with van der Waals surface area (Å²) in [5.41, 5.74) is 8.24. The lowest BCUT2D eigenvalue weighted by atomic mass is 10.1. The van der Waals surface area contributed by atoms with Crippen LogP contribution in [0.4, 0.5) is 18.0 Å². The third-order valence-corrected chi connectivity index (χ3v) is 5.84. The highest BCUT2D eigenvalue weighted by atomic mass is 19.4. The van der Waals surface area contributed by atoms with E-state index in [0.717, 1.165) is 37.9 Å². The van der Waals surface area contributed by atoms with Crippen molar-refractivity contribution in [2.75, 3.05) is 27.2 Å². The average molecular weight is 573 g/mol. The number of ether oxygens (including phenoxy) is 2. The summed E-state index contributed by atoms with van der Waals surface area (Å²) >= 11 is 0. The van der Waals surface area contributed by atoms with Gasteiger partial charge in [-0.15, -0.1) is 0 Å². The fraction of sp³-hybridized carbons (Fsp3) is 0.333. The third-order valence-electron chi connectivity index (χ3n) is 5.84. The molecule has 0 bridgehead atoms. The summed E-state index contributed by atoms with van der Waals surface area (Å²) in [5, 5.41) is 3.19. The van der Waals surface area contributed by atoms with E-state index in [1.54, 1.807) is 32.4 Å². The summed E-state index contributed by atoms with van der Waals surface area (Å²) in [7, 11) is 3.25. The number of oxazole rings is 1. The molecule has 11 heteroatoms. The SMILES string of the molecule is CN(C)C(=O)OCC/C(N)=C/NCCCCc1ccc(OCc2coc(/C=C/c3ccc(C(F)(F)F)cc3)n2)cc1. The number of benzene rings is 2. The third kappa shape index (κ3) is 11.3. The van der Waals surface area contributed by atoms with Crippen LogP contribution in [0.5, 0.6) is 5.75 Å². The van der Waals surface area contributed by atoms with Gasteiger partial charge in [0.25, 0.3) is 0 Å². The van der Waals surface area contributed by atoms with Gasteiger partial charge in [0, 0.05) is 45.0 Å². The fourth-order valence-electron chi connectivity index (χ4n) is 3.54. The maximum atomic E-state index is 12.7. The van der Waals surface area contributed by atoms with Crippen LogP contribution < -0.4 is 15.8 Å². The van der Waals surface area contributed by atoms with Gasteiger partial charge < -0.3 is 29.8 Å². The molecule has 1 amide bonds. The van der Waals surface area contributed by atoms with Crippen LogP contribution in [0.15, 0.2) is 71.1 Å². The minimum atomic E-state index is -4.36. The van der Waals surface area contributed by atoms with Crippen LogP contribution >= 0.6 is 0 Å². The largest absolute Gasteiger partial charge is 0.487 e. The Morgan fingerprint density at radius 3 is 2.49 bits per heavy atom. The number of hydrogen-bond donors (Lipinski definition) is 2. The first kappa shape index (κ1) is 31.1. The van der Waals surface area contributed by atoms with E-state index in [9.17, 15) is 18.0 Å². The lowest BCUT2D eigenvalue weighted by Crippen LogP contribution is -2.23. The number of aryl methyl sites for hydroxylation is 1. The van der Waals surface area contributed by atoms with Gasteiger partial charge in [0.05, 0.1) is 12.2 Å². The molecule has 0 radical (unpaired) electrons. The van der Waals surface area contributed by atoms with Crippen molar-refractivity contribution in [3.63, 3.8) is 0 Å². The molecule has 1 heterocycles. The summed E-state index contributed by atoms with van der Waals surface area (Å²) in [6.07, 6.45) is 5.09. The normalized spacial score (nSPS) is 12.0. The molecule has 0 fully saturated rings. The number of amides is 1. The van der Waals surface area contributed by atoms with E-state index in [1.165, 1.54) is 28.9 Å². The van der Waals surface area contributed by atoms with Crippen LogP contribution in [0.1, 0.15) is 47.5 Å². The summed E-state index contributed by atoms with van der Waals surface area (Å²) in [4.78, 5) is 17.0. The number of rotatable bonds is 14. The van der Waals surface area contributed by atoms with Crippen molar-refractivity contribution in [2.45, 2.75) is 38.5 Å². The summed E-state index contributed by atoms with van der Waals surface area (Å²) < 4.78 is 54.3. The second-order valence-corrected chi connectivity index (χ2v) is 9.45. The van der Waals surface area contributed by atoms with Crippen molar-refractivity contribution >= 4 is 18.2 Å².